The highest BCUT2D eigenvalue weighted by molar-refractivity contribution is 8.27. The van der Waals surface area contributed by atoms with Crippen LogP contribution in [0.5, 0.6) is 0 Å². The van der Waals surface area contributed by atoms with E-state index < -0.39 is 16.5 Å². The van der Waals surface area contributed by atoms with E-state index in [-0.39, 0.29) is 17.6 Å². The Hall–Kier alpha value is -3.01. The van der Waals surface area contributed by atoms with E-state index in [0.29, 0.717) is 27.5 Å². The predicted molar refractivity (Wildman–Crippen MR) is 121 cm³/mol. The highest BCUT2D eigenvalue weighted by Gasteiger charge is 2.27. The normalized spacial score (nSPS) is 17.1. The molecule has 2 aliphatic carbocycles. The summed E-state index contributed by atoms with van der Waals surface area (Å²) in [6, 6.07) is 6.46. The second-order valence-electron chi connectivity index (χ2n) is 7.38. The molecule has 9 heteroatoms. The maximum absolute atomic E-state index is 13.0. The molecular weight excluding hydrogens is 416 g/mol. The summed E-state index contributed by atoms with van der Waals surface area (Å²) in [5, 5.41) is 6.84. The lowest BCUT2D eigenvalue weighted by Crippen LogP contribution is -2.25. The van der Waals surface area contributed by atoms with Crippen molar-refractivity contribution in [2.75, 3.05) is 5.32 Å². The zero-order valence-corrected chi connectivity index (χ0v) is 17.7. The van der Waals surface area contributed by atoms with Crippen LogP contribution < -0.4 is 5.32 Å². The molecule has 0 unspecified atom stereocenters. The standard InChI is InChI=1S/C22H24N4O4S/c1-2-16-13-24-20(14-23-16)25-22(27)21(26-30-17-5-3-4-6-17)15-7-9-18(10-8-15)31(28,29)19-11-12-19/h2,7-11,13-14,17,28-29H,1,3-6,12H2,(H,24,25,27). The minimum absolute atomic E-state index is 0.0116. The van der Waals surface area contributed by atoms with E-state index in [0.717, 1.165) is 25.7 Å². The fourth-order valence-electron chi connectivity index (χ4n) is 3.26. The number of carbonyl (C=O) groups excluding carboxylic acids is 1. The van der Waals surface area contributed by atoms with Crippen LogP contribution in [0.25, 0.3) is 6.08 Å². The molecule has 1 saturated carbocycles. The molecule has 0 saturated heterocycles. The Morgan fingerprint density at radius 1 is 1.19 bits per heavy atom. The van der Waals surface area contributed by atoms with Gasteiger partial charge >= 0.3 is 0 Å². The lowest BCUT2D eigenvalue weighted by molar-refractivity contribution is -0.110. The molecule has 1 aromatic heterocycles. The summed E-state index contributed by atoms with van der Waals surface area (Å²) in [5.74, 6) is -0.224. The largest absolute Gasteiger partial charge is 0.392 e. The Morgan fingerprint density at radius 2 is 1.90 bits per heavy atom. The van der Waals surface area contributed by atoms with E-state index in [4.69, 9.17) is 4.84 Å². The number of aromatic nitrogens is 2. The first kappa shape index (κ1) is 21.2. The molecule has 0 spiro atoms. The van der Waals surface area contributed by atoms with Gasteiger partial charge in [-0.15, -0.1) is 10.6 Å². The lowest BCUT2D eigenvalue weighted by atomic mass is 10.1. The summed E-state index contributed by atoms with van der Waals surface area (Å²) in [7, 11) is -2.95. The van der Waals surface area contributed by atoms with E-state index in [9.17, 15) is 13.9 Å². The topological polar surface area (TPSA) is 117 Å². The summed E-state index contributed by atoms with van der Waals surface area (Å²) in [5.41, 5.74) is 1.17. The summed E-state index contributed by atoms with van der Waals surface area (Å²) in [6.07, 6.45) is 10.9. The minimum atomic E-state index is -2.95. The number of anilines is 1. The quantitative estimate of drug-likeness (QED) is 0.400. The highest BCUT2D eigenvalue weighted by Crippen LogP contribution is 2.61. The van der Waals surface area contributed by atoms with Crippen LogP contribution in [-0.4, -0.2) is 36.8 Å². The van der Waals surface area contributed by atoms with Crippen LogP contribution in [0, 0.1) is 0 Å². The van der Waals surface area contributed by atoms with Crippen LogP contribution in [0.15, 0.2) is 64.3 Å². The third kappa shape index (κ3) is 5.01. The molecule has 0 radical (unpaired) electrons. The summed E-state index contributed by atoms with van der Waals surface area (Å²) in [4.78, 5) is 27.9. The number of allylic oxidation sites excluding steroid dienone is 2. The number of hydrogen-bond acceptors (Lipinski definition) is 7. The van der Waals surface area contributed by atoms with E-state index in [2.05, 4.69) is 27.0 Å². The number of rotatable bonds is 8. The van der Waals surface area contributed by atoms with Crippen molar-refractivity contribution < 1.29 is 18.7 Å². The number of nitrogens with zero attached hydrogens (tertiary/aromatic N) is 3. The first-order valence-corrected chi connectivity index (χ1v) is 11.6. The van der Waals surface area contributed by atoms with Gasteiger partial charge in [0.25, 0.3) is 5.91 Å². The second-order valence-corrected chi connectivity index (χ2v) is 9.48. The van der Waals surface area contributed by atoms with Crippen LogP contribution >= 0.6 is 10.6 Å². The van der Waals surface area contributed by atoms with Crippen molar-refractivity contribution in [1.29, 1.82) is 0 Å². The Morgan fingerprint density at radius 3 is 2.48 bits per heavy atom. The number of amides is 1. The molecule has 2 aliphatic rings. The van der Waals surface area contributed by atoms with Crippen LogP contribution in [-0.2, 0) is 9.63 Å². The van der Waals surface area contributed by atoms with Crippen molar-refractivity contribution in [1.82, 2.24) is 9.97 Å². The number of oxime groups is 1. The third-order valence-electron chi connectivity index (χ3n) is 5.13. The van der Waals surface area contributed by atoms with Gasteiger partial charge in [-0.1, -0.05) is 29.9 Å². The first-order valence-electron chi connectivity index (χ1n) is 10.0. The van der Waals surface area contributed by atoms with E-state index >= 15 is 0 Å². The summed E-state index contributed by atoms with van der Waals surface area (Å²) < 4.78 is 20.7. The van der Waals surface area contributed by atoms with Gasteiger partial charge in [-0.05, 0) is 43.9 Å². The number of hydrogen-bond donors (Lipinski definition) is 3. The zero-order chi connectivity index (χ0) is 21.8. The first-order chi connectivity index (χ1) is 15.0. The van der Waals surface area contributed by atoms with Gasteiger partial charge in [0, 0.05) is 16.9 Å². The van der Waals surface area contributed by atoms with Gasteiger partial charge in [-0.25, -0.2) is 4.98 Å². The molecule has 1 amide bonds. The molecule has 0 bridgehead atoms. The summed E-state index contributed by atoms with van der Waals surface area (Å²) >= 11 is 0. The Kier molecular flexibility index (Phi) is 6.17. The average molecular weight is 441 g/mol. The molecule has 0 atom stereocenters. The molecule has 1 heterocycles. The van der Waals surface area contributed by atoms with E-state index in [1.165, 1.54) is 12.4 Å². The van der Waals surface area contributed by atoms with Gasteiger partial charge in [0.1, 0.15) is 6.10 Å². The minimum Gasteiger partial charge on any atom is -0.392 e. The SMILES string of the molecule is C=Cc1cnc(NC(=O)C(=NOC2CCCC2)c2ccc(S(O)(O)C3=CC3)cc2)cn1. The lowest BCUT2D eigenvalue weighted by Gasteiger charge is -2.30. The van der Waals surface area contributed by atoms with Crippen LogP contribution in [0.3, 0.4) is 0 Å². The average Bonchev–Trinajstić information content (AvgIpc) is 3.52. The maximum Gasteiger partial charge on any atom is 0.279 e. The van der Waals surface area contributed by atoms with E-state index in [1.807, 2.05) is 0 Å². The number of nitrogens with one attached hydrogen (secondary N) is 1. The molecule has 4 rings (SSSR count). The second kappa shape index (κ2) is 9.01. The van der Waals surface area contributed by atoms with Crippen molar-refractivity contribution >= 4 is 34.1 Å². The Labute approximate surface area is 182 Å². The molecule has 1 fully saturated rings. The van der Waals surface area contributed by atoms with Crippen LogP contribution in [0.4, 0.5) is 5.82 Å². The Bertz CT molecular complexity index is 1030. The van der Waals surface area contributed by atoms with Crippen molar-refractivity contribution in [3.63, 3.8) is 0 Å². The van der Waals surface area contributed by atoms with Gasteiger partial charge in [0.2, 0.25) is 0 Å². The molecule has 8 nitrogen and oxygen atoms in total. The molecule has 0 aliphatic heterocycles. The fraction of sp³-hybridized carbons (Fsp3) is 0.273. The van der Waals surface area contributed by atoms with Gasteiger partial charge in [-0.2, -0.15) is 0 Å². The van der Waals surface area contributed by atoms with Gasteiger partial charge in [0.15, 0.2) is 11.5 Å². The monoisotopic (exact) mass is 440 g/mol. The Balaban J connectivity index is 1.57. The molecule has 3 N–H and O–H groups in total. The van der Waals surface area contributed by atoms with Crippen molar-refractivity contribution in [2.24, 2.45) is 5.16 Å². The summed E-state index contributed by atoms with van der Waals surface area (Å²) in [6.45, 7) is 3.63. The number of benzene rings is 1. The van der Waals surface area contributed by atoms with Crippen LogP contribution in [0.1, 0.15) is 43.4 Å². The maximum atomic E-state index is 13.0. The zero-order valence-electron chi connectivity index (χ0n) is 16.9. The fourth-order valence-corrected chi connectivity index (χ4v) is 4.62. The van der Waals surface area contributed by atoms with Crippen molar-refractivity contribution in [3.8, 4) is 0 Å². The van der Waals surface area contributed by atoms with Crippen molar-refractivity contribution in [3.05, 3.63) is 65.5 Å². The van der Waals surface area contributed by atoms with E-state index in [1.54, 1.807) is 36.4 Å². The van der Waals surface area contributed by atoms with Crippen molar-refractivity contribution in [2.45, 2.75) is 43.1 Å². The van der Waals surface area contributed by atoms with Gasteiger partial charge < -0.3 is 10.2 Å². The molecule has 1 aromatic carbocycles. The van der Waals surface area contributed by atoms with Gasteiger partial charge in [0.05, 0.1) is 23.0 Å². The third-order valence-corrected chi connectivity index (χ3v) is 7.12. The van der Waals surface area contributed by atoms with Gasteiger partial charge in [-0.3, -0.25) is 18.9 Å². The molecular formula is C22H24N4O4S. The highest BCUT2D eigenvalue weighted by atomic mass is 32.3. The smallest absolute Gasteiger partial charge is 0.279 e. The number of carbonyl (C=O) groups is 1. The molecule has 2 aromatic rings. The predicted octanol–water partition coefficient (Wildman–Crippen LogP) is 4.82. The molecule has 31 heavy (non-hydrogen) atoms. The molecule has 162 valence electrons. The van der Waals surface area contributed by atoms with Crippen LogP contribution in [0.2, 0.25) is 0 Å².